The van der Waals surface area contributed by atoms with E-state index in [4.69, 9.17) is 14.5 Å². The number of amides is 1. The second kappa shape index (κ2) is 10.2. The number of ether oxygens (including phenoxy) is 2. The minimum absolute atomic E-state index is 0.0520. The highest BCUT2D eigenvalue weighted by Gasteiger charge is 2.27. The average Bonchev–Trinajstić information content (AvgIpc) is 3.44. The molecule has 0 spiro atoms. The Morgan fingerprint density at radius 3 is 2.81 bits per heavy atom. The highest BCUT2D eigenvalue weighted by atomic mass is 32.1. The van der Waals surface area contributed by atoms with Crippen LogP contribution in [0.1, 0.15) is 54.9 Å². The van der Waals surface area contributed by atoms with Gasteiger partial charge in [-0.3, -0.25) is 9.69 Å². The summed E-state index contributed by atoms with van der Waals surface area (Å²) in [4.78, 5) is 20.0. The van der Waals surface area contributed by atoms with E-state index in [-0.39, 0.29) is 12.0 Å². The Labute approximate surface area is 188 Å². The summed E-state index contributed by atoms with van der Waals surface area (Å²) in [6.45, 7) is 6.23. The third-order valence-corrected chi connectivity index (χ3v) is 6.58. The highest BCUT2D eigenvalue weighted by Crippen LogP contribution is 2.31. The first kappa shape index (κ1) is 21.8. The number of aromatic nitrogens is 1. The average molecular weight is 439 g/mol. The van der Waals surface area contributed by atoms with Gasteiger partial charge in [-0.1, -0.05) is 37.2 Å². The zero-order valence-electron chi connectivity index (χ0n) is 18.3. The number of aryl methyl sites for hydroxylation is 1. The van der Waals surface area contributed by atoms with Crippen molar-refractivity contribution >= 4 is 32.6 Å². The minimum atomic E-state index is -0.0520. The van der Waals surface area contributed by atoms with Crippen molar-refractivity contribution in [2.75, 3.05) is 24.7 Å². The van der Waals surface area contributed by atoms with E-state index in [0.717, 1.165) is 53.4 Å². The fraction of sp³-hybridized carbons (Fsp3) is 0.440. The molecule has 0 aliphatic carbocycles. The normalized spacial score (nSPS) is 16.0. The van der Waals surface area contributed by atoms with Crippen LogP contribution in [0.5, 0.6) is 5.75 Å². The lowest BCUT2D eigenvalue weighted by molar-refractivity contribution is 0.0917. The summed E-state index contributed by atoms with van der Waals surface area (Å²) >= 11 is 1.56. The Bertz CT molecular complexity index is 1010. The van der Waals surface area contributed by atoms with Crippen LogP contribution < -0.4 is 9.64 Å². The van der Waals surface area contributed by atoms with E-state index < -0.39 is 0 Å². The molecule has 0 radical (unpaired) electrons. The number of fused-ring (bicyclic) bond motifs is 1. The standard InChI is InChI=1S/C25H30N2O3S/c1-3-4-5-14-29-20-11-9-19(10-12-20)24(28)27(17-21-7-6-15-30-21)25-26-22-13-8-18(2)16-23(22)31-25/h8-13,16,21H,3-7,14-15,17H2,1-2H3. The molecule has 1 fully saturated rings. The third-order valence-electron chi connectivity index (χ3n) is 5.54. The van der Waals surface area contributed by atoms with E-state index in [1.54, 1.807) is 16.2 Å². The number of unbranched alkanes of at least 4 members (excludes halogenated alkanes) is 2. The molecule has 1 saturated heterocycles. The summed E-state index contributed by atoms with van der Waals surface area (Å²) in [5.41, 5.74) is 2.75. The summed E-state index contributed by atoms with van der Waals surface area (Å²) in [6, 6.07) is 13.6. The largest absolute Gasteiger partial charge is 0.494 e. The van der Waals surface area contributed by atoms with E-state index in [1.807, 2.05) is 30.3 Å². The summed E-state index contributed by atoms with van der Waals surface area (Å²) in [5.74, 6) is 0.748. The molecule has 1 atom stereocenters. The lowest BCUT2D eigenvalue weighted by Crippen LogP contribution is -2.37. The van der Waals surface area contributed by atoms with E-state index in [2.05, 4.69) is 26.0 Å². The molecule has 1 aliphatic rings. The van der Waals surface area contributed by atoms with E-state index in [9.17, 15) is 4.79 Å². The summed E-state index contributed by atoms with van der Waals surface area (Å²) in [5, 5.41) is 0.723. The predicted octanol–water partition coefficient (Wildman–Crippen LogP) is 6.00. The molecule has 31 heavy (non-hydrogen) atoms. The molecular formula is C25H30N2O3S. The van der Waals surface area contributed by atoms with Gasteiger partial charge in [-0.2, -0.15) is 0 Å². The number of nitrogens with zero attached hydrogens (tertiary/aromatic N) is 2. The van der Waals surface area contributed by atoms with Crippen molar-refractivity contribution in [3.05, 3.63) is 53.6 Å². The fourth-order valence-electron chi connectivity index (χ4n) is 3.77. The Kier molecular flexibility index (Phi) is 7.20. The Hall–Kier alpha value is -2.44. The molecule has 1 aromatic heterocycles. The molecular weight excluding hydrogens is 408 g/mol. The topological polar surface area (TPSA) is 51.7 Å². The van der Waals surface area contributed by atoms with E-state index in [1.165, 1.54) is 12.0 Å². The van der Waals surface area contributed by atoms with Gasteiger partial charge in [-0.15, -0.1) is 0 Å². The highest BCUT2D eigenvalue weighted by molar-refractivity contribution is 7.22. The molecule has 5 nitrogen and oxygen atoms in total. The number of benzene rings is 2. The van der Waals surface area contributed by atoms with Crippen LogP contribution in [0, 0.1) is 6.92 Å². The first-order chi connectivity index (χ1) is 15.1. The van der Waals surface area contributed by atoms with E-state index >= 15 is 0 Å². The molecule has 0 bridgehead atoms. The fourth-order valence-corrected chi connectivity index (χ4v) is 4.84. The number of hydrogen-bond acceptors (Lipinski definition) is 5. The van der Waals surface area contributed by atoms with Gasteiger partial charge in [0.25, 0.3) is 5.91 Å². The van der Waals surface area contributed by atoms with Crippen LogP contribution in [0.25, 0.3) is 10.2 Å². The molecule has 1 aliphatic heterocycles. The summed E-state index contributed by atoms with van der Waals surface area (Å²) in [6.07, 6.45) is 5.44. The lowest BCUT2D eigenvalue weighted by atomic mass is 10.1. The molecule has 2 aromatic carbocycles. The molecule has 4 rings (SSSR count). The minimum Gasteiger partial charge on any atom is -0.494 e. The monoisotopic (exact) mass is 438 g/mol. The Balaban J connectivity index is 1.54. The van der Waals surface area contributed by atoms with Crippen LogP contribution in [0.3, 0.4) is 0 Å². The van der Waals surface area contributed by atoms with Crippen LogP contribution in [0.2, 0.25) is 0 Å². The maximum atomic E-state index is 13.5. The van der Waals surface area contributed by atoms with Gasteiger partial charge in [-0.25, -0.2) is 4.98 Å². The van der Waals surface area contributed by atoms with Crippen molar-refractivity contribution in [1.82, 2.24) is 4.98 Å². The number of anilines is 1. The SMILES string of the molecule is CCCCCOc1ccc(C(=O)N(CC2CCCO2)c2nc3ccc(C)cc3s2)cc1. The molecule has 2 heterocycles. The third kappa shape index (κ3) is 5.43. The van der Waals surface area contributed by atoms with Crippen LogP contribution in [-0.2, 0) is 4.74 Å². The molecule has 1 amide bonds. The van der Waals surface area contributed by atoms with Crippen LogP contribution in [0.4, 0.5) is 5.13 Å². The zero-order chi connectivity index (χ0) is 21.6. The lowest BCUT2D eigenvalue weighted by Gasteiger charge is -2.23. The van der Waals surface area contributed by atoms with Gasteiger partial charge in [-0.05, 0) is 68.1 Å². The number of rotatable bonds is 9. The van der Waals surface area contributed by atoms with Gasteiger partial charge in [0.05, 0.1) is 29.5 Å². The Morgan fingerprint density at radius 2 is 2.06 bits per heavy atom. The number of carbonyl (C=O) groups is 1. The zero-order valence-corrected chi connectivity index (χ0v) is 19.1. The van der Waals surface area contributed by atoms with Gasteiger partial charge in [0.2, 0.25) is 0 Å². The molecule has 0 saturated carbocycles. The maximum Gasteiger partial charge on any atom is 0.260 e. The smallest absolute Gasteiger partial charge is 0.260 e. The van der Waals surface area contributed by atoms with Crippen molar-refractivity contribution < 1.29 is 14.3 Å². The van der Waals surface area contributed by atoms with Gasteiger partial charge in [0, 0.05) is 12.2 Å². The summed E-state index contributed by atoms with van der Waals surface area (Å²) in [7, 11) is 0. The molecule has 164 valence electrons. The number of hydrogen-bond donors (Lipinski definition) is 0. The van der Waals surface area contributed by atoms with Crippen LogP contribution >= 0.6 is 11.3 Å². The molecule has 1 unspecified atom stereocenters. The second-order valence-electron chi connectivity index (χ2n) is 8.10. The van der Waals surface area contributed by atoms with Gasteiger partial charge in [0.1, 0.15) is 5.75 Å². The number of thiazole rings is 1. The van der Waals surface area contributed by atoms with Crippen molar-refractivity contribution in [3.63, 3.8) is 0 Å². The van der Waals surface area contributed by atoms with Crippen molar-refractivity contribution in [2.24, 2.45) is 0 Å². The molecule has 3 aromatic rings. The first-order valence-corrected chi connectivity index (χ1v) is 12.0. The van der Waals surface area contributed by atoms with Crippen molar-refractivity contribution in [1.29, 1.82) is 0 Å². The predicted molar refractivity (Wildman–Crippen MR) is 126 cm³/mol. The quantitative estimate of drug-likeness (QED) is 0.385. The first-order valence-electron chi connectivity index (χ1n) is 11.2. The van der Waals surface area contributed by atoms with Crippen molar-refractivity contribution in [2.45, 2.75) is 52.1 Å². The van der Waals surface area contributed by atoms with Crippen molar-refractivity contribution in [3.8, 4) is 5.75 Å². The maximum absolute atomic E-state index is 13.5. The van der Waals surface area contributed by atoms with Crippen LogP contribution in [0.15, 0.2) is 42.5 Å². The van der Waals surface area contributed by atoms with E-state index in [0.29, 0.717) is 18.7 Å². The Morgan fingerprint density at radius 1 is 1.23 bits per heavy atom. The number of carbonyl (C=O) groups excluding carboxylic acids is 1. The van der Waals surface area contributed by atoms with Crippen LogP contribution in [-0.4, -0.2) is 36.8 Å². The molecule has 0 N–H and O–H groups in total. The van der Waals surface area contributed by atoms with Gasteiger partial charge in [0.15, 0.2) is 5.13 Å². The molecule has 6 heteroatoms. The van der Waals surface area contributed by atoms with Gasteiger partial charge < -0.3 is 9.47 Å². The summed E-state index contributed by atoms with van der Waals surface area (Å²) < 4.78 is 12.7. The second-order valence-corrected chi connectivity index (χ2v) is 9.11. The van der Waals surface area contributed by atoms with Gasteiger partial charge >= 0.3 is 0 Å².